The third-order valence-corrected chi connectivity index (χ3v) is 1.82. The molecule has 0 saturated heterocycles. The minimum absolute atomic E-state index is 0.245. The number of carbonyl (C=O) groups excluding carboxylic acids is 2. The van der Waals surface area contributed by atoms with Crippen molar-refractivity contribution in [2.24, 2.45) is 5.73 Å². The van der Waals surface area contributed by atoms with Crippen molar-refractivity contribution in [2.75, 3.05) is 0 Å². The van der Waals surface area contributed by atoms with Gasteiger partial charge in [0.05, 0.1) is 0 Å². The van der Waals surface area contributed by atoms with Crippen LogP contribution in [0, 0.1) is 6.92 Å². The number of halogens is 1. The van der Waals surface area contributed by atoms with Crippen LogP contribution in [0.5, 0.6) is 0 Å². The van der Waals surface area contributed by atoms with Gasteiger partial charge in [0, 0.05) is 10.9 Å². The minimum atomic E-state index is -0.245. The smallest absolute Gasteiger partial charge is 0.217 e. The molecule has 0 atom stereocenters. The van der Waals surface area contributed by atoms with Crippen molar-refractivity contribution < 1.29 is 9.59 Å². The van der Waals surface area contributed by atoms with Crippen LogP contribution in [0.2, 0.25) is 0 Å². The molecule has 0 radical (unpaired) electrons. The summed E-state index contributed by atoms with van der Waals surface area (Å²) in [6.45, 7) is 9.80. The quantitative estimate of drug-likeness (QED) is 0.863. The fourth-order valence-electron chi connectivity index (χ4n) is 0.606. The molecule has 0 heterocycles. The molecule has 0 bridgehead atoms. The summed E-state index contributed by atoms with van der Waals surface area (Å²) in [5.41, 5.74) is 5.94. The fraction of sp³-hybridized carbons (Fsp3) is 0.385. The van der Waals surface area contributed by atoms with Crippen LogP contribution in [-0.4, -0.2) is 12.7 Å². The van der Waals surface area contributed by atoms with Crippen molar-refractivity contribution in [1.29, 1.82) is 0 Å². The average molecular weight is 304 g/mol. The van der Waals surface area contributed by atoms with E-state index in [1.165, 1.54) is 5.56 Å². The van der Waals surface area contributed by atoms with Crippen molar-refractivity contribution in [3.8, 4) is 0 Å². The lowest BCUT2D eigenvalue weighted by Crippen LogP contribution is -2.06. The van der Waals surface area contributed by atoms with E-state index in [4.69, 9.17) is 4.79 Å². The molecule has 0 aliphatic carbocycles. The van der Waals surface area contributed by atoms with Gasteiger partial charge in [0.25, 0.3) is 0 Å². The molecule has 0 saturated carbocycles. The summed E-state index contributed by atoms with van der Waals surface area (Å²) in [6, 6.07) is 8.21. The molecule has 1 aromatic rings. The molecule has 0 fully saturated rings. The fourth-order valence-corrected chi connectivity index (χ4v) is 1.12. The molecule has 1 rings (SSSR count). The summed E-state index contributed by atoms with van der Waals surface area (Å²) in [4.78, 5) is 17.6. The summed E-state index contributed by atoms with van der Waals surface area (Å²) in [6.07, 6.45) is 0.444. The number of rotatable bonds is 1. The summed E-state index contributed by atoms with van der Waals surface area (Å²) in [5, 5.41) is 0. The van der Waals surface area contributed by atoms with Crippen LogP contribution in [0.25, 0.3) is 0 Å². The monoisotopic (exact) mass is 303 g/mol. The molecule has 0 aliphatic rings. The van der Waals surface area contributed by atoms with Crippen LogP contribution < -0.4 is 5.73 Å². The Bertz CT molecular complexity index is 273. The third-order valence-electron chi connectivity index (χ3n) is 1.33. The predicted octanol–water partition coefficient (Wildman–Crippen LogP) is 3.48. The van der Waals surface area contributed by atoms with Crippen molar-refractivity contribution in [1.82, 2.24) is 0 Å². The zero-order chi connectivity index (χ0) is 14.3. The molecular weight excluding hydrogens is 282 g/mol. The van der Waals surface area contributed by atoms with Gasteiger partial charge in [-0.1, -0.05) is 54.4 Å². The summed E-state index contributed by atoms with van der Waals surface area (Å²) < 4.78 is 1.15. The number of hydrogen-bond donors (Lipinski definition) is 1. The second-order valence-corrected chi connectivity index (χ2v) is 3.53. The Labute approximate surface area is 113 Å². The van der Waals surface area contributed by atoms with Crippen LogP contribution in [-0.2, 0) is 9.59 Å². The highest BCUT2D eigenvalue weighted by molar-refractivity contribution is 9.10. The first-order chi connectivity index (χ1) is 8.06. The Morgan fingerprint density at radius 1 is 1.35 bits per heavy atom. The molecule has 17 heavy (non-hydrogen) atoms. The van der Waals surface area contributed by atoms with E-state index >= 15 is 0 Å². The highest BCUT2D eigenvalue weighted by Gasteiger charge is 1.82. The number of benzene rings is 1. The molecule has 2 N–H and O–H groups in total. The second kappa shape index (κ2) is 17.2. The molecule has 98 valence electrons. The van der Waals surface area contributed by atoms with E-state index in [9.17, 15) is 4.79 Å². The van der Waals surface area contributed by atoms with E-state index < -0.39 is 0 Å². The lowest BCUT2D eigenvalue weighted by atomic mass is 10.2. The molecule has 0 spiro atoms. The molecular formula is C13H22BrNO2. The third kappa shape index (κ3) is 20.8. The number of amides is 1. The van der Waals surface area contributed by atoms with Crippen molar-refractivity contribution >= 4 is 28.6 Å². The van der Waals surface area contributed by atoms with E-state index in [-0.39, 0.29) is 5.91 Å². The van der Waals surface area contributed by atoms with Crippen molar-refractivity contribution in [3.05, 3.63) is 34.3 Å². The number of hydrogen-bond acceptors (Lipinski definition) is 2. The van der Waals surface area contributed by atoms with E-state index in [1.54, 1.807) is 6.92 Å². The summed E-state index contributed by atoms with van der Waals surface area (Å²) in [7, 11) is 0. The largest absolute Gasteiger partial charge is 0.370 e. The number of aryl methyl sites for hydroxylation is 1. The zero-order valence-corrected chi connectivity index (χ0v) is 12.6. The van der Waals surface area contributed by atoms with E-state index in [0.717, 1.165) is 4.47 Å². The lowest BCUT2D eigenvalue weighted by Gasteiger charge is -1.89. The molecule has 3 nitrogen and oxygen atoms in total. The summed E-state index contributed by atoms with van der Waals surface area (Å²) >= 11 is 3.36. The molecule has 1 amide bonds. The van der Waals surface area contributed by atoms with E-state index in [2.05, 4.69) is 40.7 Å². The second-order valence-electron chi connectivity index (χ2n) is 2.62. The number of primary amides is 1. The molecule has 0 aliphatic heterocycles. The van der Waals surface area contributed by atoms with Gasteiger partial charge in [-0.2, -0.15) is 0 Å². The first kappa shape index (κ1) is 21.2. The minimum Gasteiger partial charge on any atom is -0.370 e. The van der Waals surface area contributed by atoms with Gasteiger partial charge >= 0.3 is 0 Å². The predicted molar refractivity (Wildman–Crippen MR) is 76.8 cm³/mol. The van der Waals surface area contributed by atoms with Crippen LogP contribution >= 0.6 is 15.9 Å². The maximum absolute atomic E-state index is 9.59. The maximum Gasteiger partial charge on any atom is 0.217 e. The zero-order valence-electron chi connectivity index (χ0n) is 11.0. The Hall–Kier alpha value is -1.16. The van der Waals surface area contributed by atoms with Gasteiger partial charge in [-0.05, 0) is 19.1 Å². The van der Waals surface area contributed by atoms with Gasteiger partial charge in [0.2, 0.25) is 5.91 Å². The Morgan fingerprint density at radius 2 is 1.76 bits per heavy atom. The molecule has 0 unspecified atom stereocenters. The average Bonchev–Trinajstić information content (AvgIpc) is 2.34. The normalized spacial score (nSPS) is 7.12. The summed E-state index contributed by atoms with van der Waals surface area (Å²) in [5.74, 6) is -0.245. The maximum atomic E-state index is 9.59. The van der Waals surface area contributed by atoms with E-state index in [1.807, 2.05) is 32.8 Å². The van der Waals surface area contributed by atoms with Crippen LogP contribution in [0.4, 0.5) is 0 Å². The van der Waals surface area contributed by atoms with Gasteiger partial charge in [-0.3, -0.25) is 4.79 Å². The Balaban J connectivity index is -0.000000190. The topological polar surface area (TPSA) is 60.2 Å². The molecule has 0 aromatic heterocycles. The van der Waals surface area contributed by atoms with Gasteiger partial charge in [0.1, 0.15) is 6.79 Å². The van der Waals surface area contributed by atoms with Gasteiger partial charge in [0.15, 0.2) is 0 Å². The van der Waals surface area contributed by atoms with Crippen molar-refractivity contribution in [3.63, 3.8) is 0 Å². The van der Waals surface area contributed by atoms with Gasteiger partial charge in [-0.15, -0.1) is 0 Å². The number of nitrogens with two attached hydrogens (primary N) is 1. The highest BCUT2D eigenvalue weighted by atomic mass is 79.9. The SMILES string of the molecule is C=O.CC.CCC(N)=O.Cc1cccc(Br)c1. The molecule has 1 aromatic carbocycles. The standard InChI is InChI=1S/C7H7Br.C3H7NO.C2H6.CH2O/c1-6-3-2-4-7(8)5-6;1-2-3(4)5;2*1-2/h2-5H,1H3;2H2,1H3,(H2,4,5);1-2H3;1H2. The van der Waals surface area contributed by atoms with Gasteiger partial charge < -0.3 is 10.5 Å². The first-order valence-electron chi connectivity index (χ1n) is 5.35. The Morgan fingerprint density at radius 3 is 1.94 bits per heavy atom. The first-order valence-corrected chi connectivity index (χ1v) is 6.15. The van der Waals surface area contributed by atoms with Gasteiger partial charge in [-0.25, -0.2) is 0 Å². The number of carbonyl (C=O) groups is 2. The van der Waals surface area contributed by atoms with Crippen molar-refractivity contribution in [2.45, 2.75) is 34.1 Å². The Kier molecular flexibility index (Phi) is 21.5. The van der Waals surface area contributed by atoms with Crippen LogP contribution in [0.15, 0.2) is 28.7 Å². The lowest BCUT2D eigenvalue weighted by molar-refractivity contribution is -0.117. The van der Waals surface area contributed by atoms with Crippen LogP contribution in [0.3, 0.4) is 0 Å². The highest BCUT2D eigenvalue weighted by Crippen LogP contribution is 2.09. The van der Waals surface area contributed by atoms with Crippen LogP contribution in [0.1, 0.15) is 32.8 Å². The van der Waals surface area contributed by atoms with E-state index in [0.29, 0.717) is 6.42 Å². The molecule has 4 heteroatoms.